The maximum Gasteiger partial charge on any atom is 0.165 e. The first-order valence-corrected chi connectivity index (χ1v) is 6.30. The third kappa shape index (κ3) is 2.28. The Morgan fingerprint density at radius 1 is 1.50 bits per heavy atom. The predicted molar refractivity (Wildman–Crippen MR) is 61.1 cm³/mol. The van der Waals surface area contributed by atoms with E-state index in [1.54, 1.807) is 11.3 Å². The smallest absolute Gasteiger partial charge is 0.165 e. The molecule has 0 aliphatic heterocycles. The van der Waals surface area contributed by atoms with E-state index in [2.05, 4.69) is 32.3 Å². The van der Waals surface area contributed by atoms with Crippen LogP contribution in [0.4, 0.5) is 0 Å². The molecule has 0 atom stereocenters. The van der Waals surface area contributed by atoms with Gasteiger partial charge in [0.05, 0.1) is 13.1 Å². The topological polar surface area (TPSA) is 55.6 Å². The van der Waals surface area contributed by atoms with E-state index >= 15 is 0 Å². The van der Waals surface area contributed by atoms with Crippen LogP contribution in [0.1, 0.15) is 23.5 Å². The van der Waals surface area contributed by atoms with Crippen molar-refractivity contribution in [2.24, 2.45) is 0 Å². The van der Waals surface area contributed by atoms with E-state index in [1.165, 1.54) is 17.7 Å². The van der Waals surface area contributed by atoms with E-state index in [0.717, 1.165) is 18.9 Å². The lowest BCUT2D eigenvalue weighted by Gasteiger charge is -2.03. The minimum absolute atomic E-state index is 0.687. The van der Waals surface area contributed by atoms with Crippen molar-refractivity contribution in [1.82, 2.24) is 25.5 Å². The number of nitrogens with zero attached hydrogens (tertiary/aromatic N) is 4. The SMILES string of the molecule is c1csc(Cn2nnnc2CNC2CC2)c1. The Bertz CT molecular complexity index is 445. The third-order valence-corrected chi connectivity index (χ3v) is 3.48. The molecule has 1 fully saturated rings. The molecule has 0 spiro atoms. The molecule has 3 rings (SSSR count). The van der Waals surface area contributed by atoms with Gasteiger partial charge in [-0.25, -0.2) is 4.68 Å². The normalized spacial score (nSPS) is 15.5. The molecule has 0 saturated heterocycles. The fourth-order valence-electron chi connectivity index (χ4n) is 1.55. The molecule has 0 radical (unpaired) electrons. The molecule has 1 N–H and O–H groups in total. The van der Waals surface area contributed by atoms with Gasteiger partial charge in [0.25, 0.3) is 0 Å². The summed E-state index contributed by atoms with van der Waals surface area (Å²) in [5.74, 6) is 0.917. The summed E-state index contributed by atoms with van der Waals surface area (Å²) in [7, 11) is 0. The van der Waals surface area contributed by atoms with Crippen LogP contribution in [0, 0.1) is 0 Å². The van der Waals surface area contributed by atoms with Gasteiger partial charge >= 0.3 is 0 Å². The highest BCUT2D eigenvalue weighted by atomic mass is 32.1. The molecule has 2 aromatic heterocycles. The molecule has 0 amide bonds. The number of thiophene rings is 1. The molecule has 1 aliphatic rings. The molecule has 1 saturated carbocycles. The summed E-state index contributed by atoms with van der Waals surface area (Å²) < 4.78 is 1.86. The number of aromatic nitrogens is 4. The van der Waals surface area contributed by atoms with Crippen LogP contribution in [-0.4, -0.2) is 26.2 Å². The highest BCUT2D eigenvalue weighted by molar-refractivity contribution is 7.09. The number of rotatable bonds is 5. The summed E-state index contributed by atoms with van der Waals surface area (Å²) in [6.45, 7) is 1.54. The number of hydrogen-bond donors (Lipinski definition) is 1. The lowest BCUT2D eigenvalue weighted by Crippen LogP contribution is -2.19. The second-order valence-corrected chi connectivity index (χ2v) is 5.02. The average molecular weight is 235 g/mol. The predicted octanol–water partition coefficient (Wildman–Crippen LogP) is 1.03. The number of hydrogen-bond acceptors (Lipinski definition) is 5. The molecule has 2 heterocycles. The van der Waals surface area contributed by atoms with Crippen molar-refractivity contribution >= 4 is 11.3 Å². The maximum absolute atomic E-state index is 4.04. The van der Waals surface area contributed by atoms with Crippen molar-refractivity contribution in [2.45, 2.75) is 32.0 Å². The summed E-state index contributed by atoms with van der Waals surface area (Å²) in [6.07, 6.45) is 2.57. The lowest BCUT2D eigenvalue weighted by atomic mass is 10.4. The van der Waals surface area contributed by atoms with Crippen LogP contribution in [0.15, 0.2) is 17.5 Å². The van der Waals surface area contributed by atoms with Crippen LogP contribution in [0.25, 0.3) is 0 Å². The van der Waals surface area contributed by atoms with Gasteiger partial charge in [0.1, 0.15) is 0 Å². The van der Waals surface area contributed by atoms with Crippen molar-refractivity contribution in [2.75, 3.05) is 0 Å². The van der Waals surface area contributed by atoms with Gasteiger partial charge in [0, 0.05) is 10.9 Å². The van der Waals surface area contributed by atoms with Gasteiger partial charge in [-0.1, -0.05) is 6.07 Å². The van der Waals surface area contributed by atoms with Crippen LogP contribution in [-0.2, 0) is 13.1 Å². The summed E-state index contributed by atoms with van der Waals surface area (Å²) >= 11 is 1.73. The Hall–Kier alpha value is -1.27. The largest absolute Gasteiger partial charge is 0.307 e. The van der Waals surface area contributed by atoms with E-state index in [4.69, 9.17) is 0 Å². The Morgan fingerprint density at radius 2 is 2.44 bits per heavy atom. The minimum Gasteiger partial charge on any atom is -0.307 e. The molecular weight excluding hydrogens is 222 g/mol. The Morgan fingerprint density at radius 3 is 3.19 bits per heavy atom. The monoisotopic (exact) mass is 235 g/mol. The van der Waals surface area contributed by atoms with Gasteiger partial charge in [0.15, 0.2) is 5.82 Å². The van der Waals surface area contributed by atoms with E-state index in [-0.39, 0.29) is 0 Å². The van der Waals surface area contributed by atoms with Gasteiger partial charge < -0.3 is 5.32 Å². The lowest BCUT2D eigenvalue weighted by molar-refractivity contribution is 0.581. The molecule has 16 heavy (non-hydrogen) atoms. The molecule has 1 aliphatic carbocycles. The van der Waals surface area contributed by atoms with E-state index < -0.39 is 0 Å². The summed E-state index contributed by atoms with van der Waals surface area (Å²) in [5.41, 5.74) is 0. The highest BCUT2D eigenvalue weighted by Gasteiger charge is 2.21. The zero-order valence-corrected chi connectivity index (χ0v) is 9.65. The average Bonchev–Trinajstić information content (AvgIpc) is 2.79. The Kier molecular flexibility index (Phi) is 2.67. The van der Waals surface area contributed by atoms with Crippen LogP contribution in [0.5, 0.6) is 0 Å². The first-order chi connectivity index (χ1) is 7.92. The molecule has 0 aromatic carbocycles. The fourth-order valence-corrected chi connectivity index (χ4v) is 2.23. The number of nitrogens with one attached hydrogen (secondary N) is 1. The second-order valence-electron chi connectivity index (χ2n) is 3.99. The van der Waals surface area contributed by atoms with Crippen molar-refractivity contribution in [3.63, 3.8) is 0 Å². The minimum atomic E-state index is 0.687. The standard InChI is InChI=1S/C10H13N5S/c1-2-9(16-5-1)7-15-10(12-13-14-15)6-11-8-3-4-8/h1-2,5,8,11H,3-4,6-7H2. The van der Waals surface area contributed by atoms with Gasteiger partial charge in [0.2, 0.25) is 0 Å². The van der Waals surface area contributed by atoms with E-state index in [9.17, 15) is 0 Å². The molecule has 2 aromatic rings. The molecule has 6 heteroatoms. The van der Waals surface area contributed by atoms with Crippen LogP contribution in [0.2, 0.25) is 0 Å². The van der Waals surface area contributed by atoms with E-state index in [1.807, 2.05) is 10.7 Å². The third-order valence-electron chi connectivity index (χ3n) is 2.62. The van der Waals surface area contributed by atoms with E-state index in [0.29, 0.717) is 6.04 Å². The highest BCUT2D eigenvalue weighted by Crippen LogP contribution is 2.19. The summed E-state index contributed by atoms with van der Waals surface area (Å²) in [5, 5.41) is 17.3. The molecular formula is C10H13N5S. The fraction of sp³-hybridized carbons (Fsp3) is 0.500. The zero-order valence-electron chi connectivity index (χ0n) is 8.83. The maximum atomic E-state index is 4.04. The van der Waals surface area contributed by atoms with Gasteiger partial charge in [-0.15, -0.1) is 16.4 Å². The molecule has 5 nitrogen and oxygen atoms in total. The first kappa shape index (κ1) is 9.92. The first-order valence-electron chi connectivity index (χ1n) is 5.42. The Labute approximate surface area is 97.5 Å². The molecule has 0 bridgehead atoms. The van der Waals surface area contributed by atoms with Crippen molar-refractivity contribution < 1.29 is 0 Å². The number of tetrazole rings is 1. The van der Waals surface area contributed by atoms with Gasteiger partial charge in [-0.05, 0) is 34.7 Å². The zero-order chi connectivity index (χ0) is 10.8. The second kappa shape index (κ2) is 4.31. The Balaban J connectivity index is 1.66. The van der Waals surface area contributed by atoms with Crippen LogP contribution < -0.4 is 5.32 Å². The quantitative estimate of drug-likeness (QED) is 0.841. The molecule has 84 valence electrons. The van der Waals surface area contributed by atoms with Gasteiger partial charge in [-0.3, -0.25) is 0 Å². The van der Waals surface area contributed by atoms with Crippen molar-refractivity contribution in [3.05, 3.63) is 28.2 Å². The molecule has 0 unspecified atom stereocenters. The van der Waals surface area contributed by atoms with Crippen LogP contribution >= 0.6 is 11.3 Å². The van der Waals surface area contributed by atoms with Crippen LogP contribution in [0.3, 0.4) is 0 Å². The van der Waals surface area contributed by atoms with Gasteiger partial charge in [-0.2, -0.15) is 0 Å². The summed E-state index contributed by atoms with van der Waals surface area (Å²) in [4.78, 5) is 1.28. The summed E-state index contributed by atoms with van der Waals surface area (Å²) in [6, 6.07) is 4.84. The van der Waals surface area contributed by atoms with Crippen molar-refractivity contribution in [1.29, 1.82) is 0 Å². The van der Waals surface area contributed by atoms with Crippen molar-refractivity contribution in [3.8, 4) is 0 Å².